The molecule has 2 rings (SSSR count). The van der Waals surface area contributed by atoms with E-state index in [2.05, 4.69) is 17.6 Å². The zero-order valence-electron chi connectivity index (χ0n) is 22.3. The largest absolute Gasteiger partial charge is 0.497 e. The Bertz CT molecular complexity index is 1010. The molecule has 0 bridgehead atoms. The van der Waals surface area contributed by atoms with Crippen LogP contribution in [0.3, 0.4) is 0 Å². The van der Waals surface area contributed by atoms with Crippen molar-refractivity contribution in [2.45, 2.75) is 71.1 Å². The first-order valence-corrected chi connectivity index (χ1v) is 13.1. The van der Waals surface area contributed by atoms with Crippen LogP contribution in [0, 0.1) is 0 Å². The predicted octanol–water partition coefficient (Wildman–Crippen LogP) is 6.36. The molecule has 0 fully saturated rings. The van der Waals surface area contributed by atoms with Gasteiger partial charge < -0.3 is 24.8 Å². The fourth-order valence-electron chi connectivity index (χ4n) is 3.85. The van der Waals surface area contributed by atoms with E-state index in [9.17, 15) is 14.4 Å². The Morgan fingerprint density at radius 2 is 1.46 bits per heavy atom. The van der Waals surface area contributed by atoms with Crippen LogP contribution in [0.25, 0.3) is 0 Å². The lowest BCUT2D eigenvalue weighted by Gasteiger charge is -2.12. The van der Waals surface area contributed by atoms with Crippen LogP contribution in [0.2, 0.25) is 0 Å². The Kier molecular flexibility index (Phi) is 13.6. The van der Waals surface area contributed by atoms with Gasteiger partial charge in [0.25, 0.3) is 5.91 Å². The Balaban J connectivity index is 1.73. The van der Waals surface area contributed by atoms with Crippen molar-refractivity contribution >= 4 is 29.2 Å². The first-order valence-electron chi connectivity index (χ1n) is 13.1. The SMILES string of the molecule is CCCCCCCCCCCC(=O)Nc1cccc(C(=O)OCC(=O)Nc2ccc(OC)cc2OC)c1. The predicted molar refractivity (Wildman–Crippen MR) is 145 cm³/mol. The van der Waals surface area contributed by atoms with Crippen molar-refractivity contribution in [3.05, 3.63) is 48.0 Å². The van der Waals surface area contributed by atoms with E-state index in [0.29, 0.717) is 29.3 Å². The summed E-state index contributed by atoms with van der Waals surface area (Å²) in [4.78, 5) is 37.0. The van der Waals surface area contributed by atoms with Crippen molar-refractivity contribution in [2.24, 2.45) is 0 Å². The van der Waals surface area contributed by atoms with Crippen LogP contribution in [-0.4, -0.2) is 38.6 Å². The standard InChI is InChI=1S/C29H40N2O6/c1-4-5-6-7-8-9-10-11-12-16-27(32)30-23-15-13-14-22(19-23)29(34)37-21-28(33)31-25-18-17-24(35-2)20-26(25)36-3/h13-15,17-20H,4-12,16,21H2,1-3H3,(H,30,32)(H,31,33). The van der Waals surface area contributed by atoms with Gasteiger partial charge in [0.15, 0.2) is 6.61 Å². The number of carbonyl (C=O) groups is 3. The molecule has 0 spiro atoms. The molecular weight excluding hydrogens is 472 g/mol. The monoisotopic (exact) mass is 512 g/mol. The second-order valence-electron chi connectivity index (χ2n) is 8.90. The van der Waals surface area contributed by atoms with Crippen molar-refractivity contribution in [1.82, 2.24) is 0 Å². The summed E-state index contributed by atoms with van der Waals surface area (Å²) in [5.74, 6) is -0.248. The fourth-order valence-corrected chi connectivity index (χ4v) is 3.85. The topological polar surface area (TPSA) is 103 Å². The molecule has 0 saturated heterocycles. The number of hydrogen-bond donors (Lipinski definition) is 2. The van der Waals surface area contributed by atoms with Crippen LogP contribution < -0.4 is 20.1 Å². The average molecular weight is 513 g/mol. The molecule has 0 atom stereocenters. The lowest BCUT2D eigenvalue weighted by Crippen LogP contribution is -2.21. The number of hydrogen-bond acceptors (Lipinski definition) is 6. The summed E-state index contributed by atoms with van der Waals surface area (Å²) in [7, 11) is 3.01. The summed E-state index contributed by atoms with van der Waals surface area (Å²) in [6.07, 6.45) is 11.2. The molecular formula is C29H40N2O6. The van der Waals surface area contributed by atoms with E-state index in [-0.39, 0.29) is 11.5 Å². The highest BCUT2D eigenvalue weighted by molar-refractivity contribution is 5.97. The van der Waals surface area contributed by atoms with Gasteiger partial charge in [0.05, 0.1) is 25.5 Å². The van der Waals surface area contributed by atoms with Crippen LogP contribution in [0.15, 0.2) is 42.5 Å². The first kappa shape index (κ1) is 29.7. The molecule has 0 unspecified atom stereocenters. The fraction of sp³-hybridized carbons (Fsp3) is 0.483. The molecule has 8 heteroatoms. The van der Waals surface area contributed by atoms with Crippen molar-refractivity contribution in [2.75, 3.05) is 31.5 Å². The molecule has 202 valence electrons. The van der Waals surface area contributed by atoms with Gasteiger partial charge in [-0.2, -0.15) is 0 Å². The maximum absolute atomic E-state index is 12.4. The number of methoxy groups -OCH3 is 2. The molecule has 0 aromatic heterocycles. The van der Waals surface area contributed by atoms with E-state index in [1.54, 1.807) is 42.5 Å². The number of amides is 2. The third-order valence-corrected chi connectivity index (χ3v) is 5.91. The van der Waals surface area contributed by atoms with Gasteiger partial charge in [-0.3, -0.25) is 9.59 Å². The zero-order valence-corrected chi connectivity index (χ0v) is 22.3. The number of carbonyl (C=O) groups excluding carboxylic acids is 3. The summed E-state index contributed by atoms with van der Waals surface area (Å²) >= 11 is 0. The summed E-state index contributed by atoms with van der Waals surface area (Å²) in [6, 6.07) is 11.4. The zero-order chi connectivity index (χ0) is 26.9. The van der Waals surface area contributed by atoms with Crippen molar-refractivity contribution in [3.8, 4) is 11.5 Å². The maximum Gasteiger partial charge on any atom is 0.338 e. The van der Waals surface area contributed by atoms with E-state index in [1.807, 2.05) is 0 Å². The highest BCUT2D eigenvalue weighted by atomic mass is 16.5. The van der Waals surface area contributed by atoms with Gasteiger partial charge in [-0.1, -0.05) is 64.4 Å². The number of rotatable bonds is 17. The minimum atomic E-state index is -0.660. The molecule has 2 aromatic carbocycles. The minimum absolute atomic E-state index is 0.0821. The molecule has 0 heterocycles. The van der Waals surface area contributed by atoms with Crippen LogP contribution in [0.4, 0.5) is 11.4 Å². The molecule has 0 aliphatic heterocycles. The van der Waals surface area contributed by atoms with Gasteiger partial charge in [-0.25, -0.2) is 4.79 Å². The highest BCUT2D eigenvalue weighted by Crippen LogP contribution is 2.29. The van der Waals surface area contributed by atoms with Gasteiger partial charge >= 0.3 is 5.97 Å². The first-order chi connectivity index (χ1) is 18.0. The molecule has 0 saturated carbocycles. The Hall–Kier alpha value is -3.55. The van der Waals surface area contributed by atoms with Crippen molar-refractivity contribution < 1.29 is 28.6 Å². The van der Waals surface area contributed by atoms with E-state index in [4.69, 9.17) is 14.2 Å². The van der Waals surface area contributed by atoms with Gasteiger partial charge in [-0.05, 0) is 36.8 Å². The Morgan fingerprint density at radius 3 is 2.14 bits per heavy atom. The third-order valence-electron chi connectivity index (χ3n) is 5.91. The normalized spacial score (nSPS) is 10.5. The van der Waals surface area contributed by atoms with E-state index < -0.39 is 18.5 Å². The quantitative estimate of drug-likeness (QED) is 0.189. The second kappa shape index (κ2) is 17.0. The molecule has 8 nitrogen and oxygen atoms in total. The van der Waals surface area contributed by atoms with Crippen molar-refractivity contribution in [1.29, 1.82) is 0 Å². The number of anilines is 2. The summed E-state index contributed by atoms with van der Waals surface area (Å²) in [5, 5.41) is 5.48. The van der Waals surface area contributed by atoms with E-state index in [0.717, 1.165) is 19.3 Å². The Morgan fingerprint density at radius 1 is 0.757 bits per heavy atom. The number of esters is 1. The molecule has 2 aromatic rings. The lowest BCUT2D eigenvalue weighted by atomic mass is 10.1. The van der Waals surface area contributed by atoms with Crippen LogP contribution in [0.1, 0.15) is 81.5 Å². The second-order valence-corrected chi connectivity index (χ2v) is 8.90. The van der Waals surface area contributed by atoms with Crippen LogP contribution in [0.5, 0.6) is 11.5 Å². The third kappa shape index (κ3) is 11.4. The number of ether oxygens (including phenoxy) is 3. The Labute approximate surface area is 220 Å². The minimum Gasteiger partial charge on any atom is -0.497 e. The summed E-state index contributed by atoms with van der Waals surface area (Å²) in [6.45, 7) is 1.75. The lowest BCUT2D eigenvalue weighted by molar-refractivity contribution is -0.119. The molecule has 2 N–H and O–H groups in total. The van der Waals surface area contributed by atoms with Gasteiger partial charge in [0.2, 0.25) is 5.91 Å². The molecule has 2 amide bonds. The van der Waals surface area contributed by atoms with E-state index in [1.165, 1.54) is 52.7 Å². The summed E-state index contributed by atoms with van der Waals surface area (Å²) in [5.41, 5.74) is 1.19. The van der Waals surface area contributed by atoms with Crippen molar-refractivity contribution in [3.63, 3.8) is 0 Å². The summed E-state index contributed by atoms with van der Waals surface area (Å²) < 4.78 is 15.5. The van der Waals surface area contributed by atoms with Crippen LogP contribution >= 0.6 is 0 Å². The number of benzene rings is 2. The average Bonchev–Trinajstić information content (AvgIpc) is 2.91. The number of nitrogens with one attached hydrogen (secondary N) is 2. The highest BCUT2D eigenvalue weighted by Gasteiger charge is 2.14. The van der Waals surface area contributed by atoms with Gasteiger partial charge in [-0.15, -0.1) is 0 Å². The molecule has 0 radical (unpaired) electrons. The molecule has 0 aliphatic rings. The number of unbranched alkanes of at least 4 members (excludes halogenated alkanes) is 8. The molecule has 0 aliphatic carbocycles. The maximum atomic E-state index is 12.4. The van der Waals surface area contributed by atoms with E-state index >= 15 is 0 Å². The molecule has 37 heavy (non-hydrogen) atoms. The van der Waals surface area contributed by atoms with Gasteiger partial charge in [0.1, 0.15) is 11.5 Å². The smallest absolute Gasteiger partial charge is 0.338 e. The van der Waals surface area contributed by atoms with Crippen LogP contribution in [-0.2, 0) is 14.3 Å². The van der Waals surface area contributed by atoms with Gasteiger partial charge in [0, 0.05) is 18.2 Å².